The molecule has 0 atom stereocenters. The van der Waals surface area contributed by atoms with Crippen LogP contribution in [0.2, 0.25) is 0 Å². The fraction of sp³-hybridized carbons (Fsp3) is 0.417. The molecule has 2 aromatic rings. The first-order chi connectivity index (χ1) is 8.48. The number of hydrogen-bond donors (Lipinski definition) is 0. The number of aromatic nitrogens is 2. The average Bonchev–Trinajstić information content (AvgIpc) is 2.94. The highest BCUT2D eigenvalue weighted by molar-refractivity contribution is 7.99. The van der Waals surface area contributed by atoms with Gasteiger partial charge in [-0.25, -0.2) is 0 Å². The van der Waals surface area contributed by atoms with Crippen molar-refractivity contribution in [3.63, 3.8) is 0 Å². The Hall–Kier alpha value is -1.32. The Bertz CT molecular complexity index is 575. The highest BCUT2D eigenvalue weighted by Gasteiger charge is 2.15. The topological polar surface area (TPSA) is 62.7 Å². The van der Waals surface area contributed by atoms with Gasteiger partial charge >= 0.3 is 0 Å². The Kier molecular flexibility index (Phi) is 3.73. The molecular formula is C12H13N3OS2. The van der Waals surface area contributed by atoms with Gasteiger partial charge in [-0.2, -0.15) is 10.2 Å². The number of nitrogens with zero attached hydrogens (tertiary/aromatic N) is 3. The van der Waals surface area contributed by atoms with Crippen LogP contribution in [0.5, 0.6) is 0 Å². The van der Waals surface area contributed by atoms with Crippen LogP contribution in [0, 0.1) is 11.3 Å². The van der Waals surface area contributed by atoms with Gasteiger partial charge in [0.1, 0.15) is 10.9 Å². The second-order valence-corrected chi connectivity index (χ2v) is 7.58. The first-order valence-electron chi connectivity index (χ1n) is 5.45. The van der Waals surface area contributed by atoms with E-state index in [9.17, 15) is 0 Å². The van der Waals surface area contributed by atoms with Gasteiger partial charge in [-0.05, 0) is 12.1 Å². The highest BCUT2D eigenvalue weighted by atomic mass is 32.2. The van der Waals surface area contributed by atoms with Gasteiger partial charge in [0.15, 0.2) is 5.82 Å². The summed E-state index contributed by atoms with van der Waals surface area (Å²) < 4.78 is 5.38. The molecule has 2 rings (SSSR count). The standard InChI is InChI=1S/C12H13N3OS2/c1-12(2,3)17-7-10-14-11(16-15-10)9-5-4-8(6-13)18-9/h4-5H,7H2,1-3H3. The van der Waals surface area contributed by atoms with Crippen molar-refractivity contribution < 1.29 is 4.52 Å². The minimum Gasteiger partial charge on any atom is -0.333 e. The van der Waals surface area contributed by atoms with E-state index in [2.05, 4.69) is 37.0 Å². The van der Waals surface area contributed by atoms with Crippen LogP contribution in [0.15, 0.2) is 16.7 Å². The molecule has 0 spiro atoms. The molecule has 0 bridgehead atoms. The van der Waals surface area contributed by atoms with E-state index in [-0.39, 0.29) is 4.75 Å². The lowest BCUT2D eigenvalue weighted by molar-refractivity contribution is 0.426. The molecule has 0 saturated heterocycles. The van der Waals surface area contributed by atoms with Gasteiger partial charge in [-0.15, -0.1) is 23.1 Å². The summed E-state index contributed by atoms with van der Waals surface area (Å²) in [5.41, 5.74) is 0. The molecule has 2 heterocycles. The average molecular weight is 279 g/mol. The Balaban J connectivity index is 2.09. The summed E-state index contributed by atoms with van der Waals surface area (Å²) >= 11 is 3.13. The molecule has 18 heavy (non-hydrogen) atoms. The largest absolute Gasteiger partial charge is 0.333 e. The maximum Gasteiger partial charge on any atom is 0.268 e. The van der Waals surface area contributed by atoms with Crippen LogP contribution in [-0.4, -0.2) is 14.9 Å². The van der Waals surface area contributed by atoms with Crippen molar-refractivity contribution in [1.29, 1.82) is 5.26 Å². The predicted molar refractivity (Wildman–Crippen MR) is 73.4 cm³/mol. The first-order valence-corrected chi connectivity index (χ1v) is 7.25. The number of nitriles is 1. The molecule has 94 valence electrons. The third-order valence-electron chi connectivity index (χ3n) is 2.03. The van der Waals surface area contributed by atoms with Crippen molar-refractivity contribution in [2.24, 2.45) is 0 Å². The van der Waals surface area contributed by atoms with Crippen LogP contribution in [0.3, 0.4) is 0 Å². The van der Waals surface area contributed by atoms with Crippen molar-refractivity contribution in [3.8, 4) is 16.8 Å². The maximum absolute atomic E-state index is 8.77. The molecule has 0 aliphatic heterocycles. The van der Waals surface area contributed by atoms with E-state index in [1.807, 2.05) is 6.07 Å². The normalized spacial score (nSPS) is 11.4. The molecule has 0 unspecified atom stereocenters. The van der Waals surface area contributed by atoms with E-state index in [4.69, 9.17) is 9.78 Å². The molecule has 0 radical (unpaired) electrons. The van der Waals surface area contributed by atoms with Gasteiger partial charge in [0, 0.05) is 4.75 Å². The number of hydrogen-bond acceptors (Lipinski definition) is 6. The van der Waals surface area contributed by atoms with E-state index in [0.29, 0.717) is 16.6 Å². The summed E-state index contributed by atoms with van der Waals surface area (Å²) in [5, 5.41) is 12.7. The predicted octanol–water partition coefficient (Wildman–Crippen LogP) is 3.70. The lowest BCUT2D eigenvalue weighted by atomic mass is 10.3. The molecule has 0 aliphatic rings. The summed E-state index contributed by atoms with van der Waals surface area (Å²) in [6.45, 7) is 6.45. The fourth-order valence-corrected chi connectivity index (χ4v) is 2.61. The van der Waals surface area contributed by atoms with E-state index in [1.54, 1.807) is 17.8 Å². The molecule has 4 nitrogen and oxygen atoms in total. The summed E-state index contributed by atoms with van der Waals surface area (Å²) in [5.74, 6) is 1.91. The maximum atomic E-state index is 8.77. The Morgan fingerprint density at radius 3 is 2.83 bits per heavy atom. The summed E-state index contributed by atoms with van der Waals surface area (Å²) in [6.07, 6.45) is 0. The quantitative estimate of drug-likeness (QED) is 0.857. The molecule has 0 aromatic carbocycles. The first kappa shape index (κ1) is 13.1. The number of thioether (sulfide) groups is 1. The molecule has 0 N–H and O–H groups in total. The Morgan fingerprint density at radius 1 is 1.44 bits per heavy atom. The molecule has 0 amide bonds. The summed E-state index contributed by atoms with van der Waals surface area (Å²) in [7, 11) is 0. The highest BCUT2D eigenvalue weighted by Crippen LogP contribution is 2.29. The third-order valence-corrected chi connectivity index (χ3v) is 4.28. The van der Waals surface area contributed by atoms with Crippen LogP contribution in [0.25, 0.3) is 10.8 Å². The van der Waals surface area contributed by atoms with Crippen molar-refractivity contribution in [2.75, 3.05) is 0 Å². The van der Waals surface area contributed by atoms with Crippen LogP contribution in [0.1, 0.15) is 31.5 Å². The monoisotopic (exact) mass is 279 g/mol. The second-order valence-electron chi connectivity index (χ2n) is 4.69. The van der Waals surface area contributed by atoms with Gasteiger partial charge < -0.3 is 4.52 Å². The van der Waals surface area contributed by atoms with Crippen molar-refractivity contribution in [2.45, 2.75) is 31.3 Å². The third kappa shape index (κ3) is 3.34. The summed E-state index contributed by atoms with van der Waals surface area (Å²) in [4.78, 5) is 5.82. The molecule has 0 aliphatic carbocycles. The smallest absolute Gasteiger partial charge is 0.268 e. The SMILES string of the molecule is CC(C)(C)SCc1noc(-c2ccc(C#N)s2)n1. The van der Waals surface area contributed by atoms with E-state index in [1.165, 1.54) is 11.3 Å². The zero-order chi connectivity index (χ0) is 13.2. The van der Waals surface area contributed by atoms with Crippen molar-refractivity contribution in [1.82, 2.24) is 10.1 Å². The van der Waals surface area contributed by atoms with Crippen molar-refractivity contribution >= 4 is 23.1 Å². The van der Waals surface area contributed by atoms with Crippen LogP contribution >= 0.6 is 23.1 Å². The molecule has 2 aromatic heterocycles. The lowest BCUT2D eigenvalue weighted by Gasteiger charge is -2.15. The Labute approximate surface area is 114 Å². The van der Waals surface area contributed by atoms with Gasteiger partial charge in [-0.3, -0.25) is 0 Å². The minimum atomic E-state index is 0.178. The molecule has 6 heteroatoms. The van der Waals surface area contributed by atoms with Crippen LogP contribution < -0.4 is 0 Å². The van der Waals surface area contributed by atoms with Gasteiger partial charge in [0.2, 0.25) is 0 Å². The van der Waals surface area contributed by atoms with Crippen molar-refractivity contribution in [3.05, 3.63) is 22.8 Å². The number of rotatable bonds is 3. The fourth-order valence-electron chi connectivity index (χ4n) is 1.21. The molecule has 0 fully saturated rings. The van der Waals surface area contributed by atoms with Gasteiger partial charge in [-0.1, -0.05) is 25.9 Å². The number of thiophene rings is 1. The van der Waals surface area contributed by atoms with Crippen LogP contribution in [-0.2, 0) is 5.75 Å². The van der Waals surface area contributed by atoms with Gasteiger partial charge in [0.05, 0.1) is 10.6 Å². The Morgan fingerprint density at radius 2 is 2.22 bits per heavy atom. The van der Waals surface area contributed by atoms with E-state index in [0.717, 1.165) is 10.6 Å². The lowest BCUT2D eigenvalue weighted by Crippen LogP contribution is -2.07. The zero-order valence-corrected chi connectivity index (χ0v) is 12.1. The molecule has 0 saturated carbocycles. The molecular weight excluding hydrogens is 266 g/mol. The van der Waals surface area contributed by atoms with Crippen LogP contribution in [0.4, 0.5) is 0 Å². The summed E-state index contributed by atoms with van der Waals surface area (Å²) in [6, 6.07) is 5.68. The van der Waals surface area contributed by atoms with Gasteiger partial charge in [0.25, 0.3) is 5.89 Å². The minimum absolute atomic E-state index is 0.178. The van der Waals surface area contributed by atoms with E-state index < -0.39 is 0 Å². The zero-order valence-electron chi connectivity index (χ0n) is 10.4. The van der Waals surface area contributed by atoms with E-state index >= 15 is 0 Å². The second kappa shape index (κ2) is 5.12.